The van der Waals surface area contributed by atoms with Gasteiger partial charge in [-0.25, -0.2) is 0 Å². The molecule has 0 fully saturated rings. The van der Waals surface area contributed by atoms with E-state index in [1.165, 1.54) is 189 Å². The zero-order valence-corrected chi connectivity index (χ0v) is 83.7. The molecule has 3 heterocycles. The molecule has 144 heavy (non-hydrogen) atoms. The lowest BCUT2D eigenvalue weighted by Gasteiger charge is -2.45. The van der Waals surface area contributed by atoms with E-state index >= 15 is 0 Å². The van der Waals surface area contributed by atoms with Crippen molar-refractivity contribution in [1.82, 2.24) is 4.57 Å². The van der Waals surface area contributed by atoms with Crippen molar-refractivity contribution in [3.63, 3.8) is 0 Å². The summed E-state index contributed by atoms with van der Waals surface area (Å²) in [5, 5.41) is 0.366. The standard InChI is InChI=1S/C140H120BN3/c1-136(2,3)103-79-102(80-104(87-103)137(4,5)6)99-69-74-127-131(86-99)142(77-39-12-10-17-47-94-63-65-96(91-41-19-14-20-42-91)81-116(94)100-67-72-113-111-53-29-36-60-123(111)139(125(113)84-100)119-56-32-25-49-107(119)108-50-26-33-57-120(108)139)133-88-105(138(7,8)9)89-134-135(133)141(127)128-75-71-106(144-129-62-38-31-55-115(129)118-83-98(70-76-130(118)144)93-45-23-16-24-46-93)90-132(128)143(134)78-40-13-11-18-48-95-64-66-97(92-43-21-15-22-44-92)82-117(95)101-68-73-114-112-54-30-37-61-124(112)140(126(114)85-101)121-58-34-27-51-109(121)110-52-28-35-59-122(110)140/h14-16,19-38,41-46,49-76,79-90H,10-13,17-18,39-40,47-48,77-78H2,1-9H3/i31D,38D,55D,62D,70D,76D,83D. The van der Waals surface area contributed by atoms with E-state index in [1.807, 2.05) is 30.3 Å². The number of anilines is 4. The summed E-state index contributed by atoms with van der Waals surface area (Å²) >= 11 is 0. The first kappa shape index (κ1) is 81.2. The molecule has 4 aliphatic carbocycles. The molecular formula is C140H120BN3. The molecule has 3 nitrogen and oxygen atoms in total. The Bertz CT molecular complexity index is 8840. The number of rotatable bonds is 21. The van der Waals surface area contributed by atoms with E-state index in [0.29, 0.717) is 17.8 Å². The van der Waals surface area contributed by atoms with Crippen molar-refractivity contribution in [3.05, 3.63) is 491 Å². The highest BCUT2D eigenvalue weighted by atomic mass is 15.2. The third-order valence-electron chi connectivity index (χ3n) is 32.8. The van der Waals surface area contributed by atoms with E-state index in [4.69, 9.17) is 0 Å². The van der Waals surface area contributed by atoms with Crippen LogP contribution in [0.1, 0.15) is 196 Å². The Balaban J connectivity index is 0.582. The average Bonchev–Trinajstić information content (AvgIpc) is 1.53. The van der Waals surface area contributed by atoms with Gasteiger partial charge in [-0.15, -0.1) is 0 Å². The zero-order chi connectivity index (χ0) is 103. The number of hydrogen-bond donors (Lipinski definition) is 0. The Hall–Kier alpha value is -15.4. The molecule has 698 valence electrons. The van der Waals surface area contributed by atoms with Crippen molar-refractivity contribution in [1.29, 1.82) is 0 Å². The van der Waals surface area contributed by atoms with Gasteiger partial charge in [0.25, 0.3) is 6.71 Å². The number of nitrogens with zero attached hydrogens (tertiary/aromatic N) is 3. The van der Waals surface area contributed by atoms with E-state index < -0.39 is 22.9 Å². The molecular weight excluding hydrogens is 1730 g/mol. The van der Waals surface area contributed by atoms with Crippen molar-refractivity contribution in [2.75, 3.05) is 22.9 Å². The Kier molecular flexibility index (Phi) is 19.6. The molecule has 0 amide bonds. The van der Waals surface area contributed by atoms with Gasteiger partial charge in [0.2, 0.25) is 0 Å². The number of hydrogen-bond acceptors (Lipinski definition) is 2. The predicted molar refractivity (Wildman–Crippen MR) is 611 cm³/mol. The molecule has 0 N–H and O–H groups in total. The van der Waals surface area contributed by atoms with Crippen LogP contribution in [0.3, 0.4) is 0 Å². The first-order chi connectivity index (χ1) is 73.2. The fourth-order valence-corrected chi connectivity index (χ4v) is 25.7. The number of para-hydroxylation sites is 1. The largest absolute Gasteiger partial charge is 0.342 e. The molecule has 1 aromatic heterocycles. The number of unbranched alkanes of at least 4 members (excludes halogenated alkanes) is 6. The van der Waals surface area contributed by atoms with Gasteiger partial charge >= 0.3 is 0 Å². The lowest BCUT2D eigenvalue weighted by Crippen LogP contribution is -2.62. The van der Waals surface area contributed by atoms with Crippen LogP contribution in [-0.2, 0) is 39.9 Å². The first-order valence-electron chi connectivity index (χ1n) is 55.8. The molecule has 4 heteroatoms. The summed E-state index contributed by atoms with van der Waals surface area (Å²) in [6.07, 6.45) is 9.47. The first-order valence-corrected chi connectivity index (χ1v) is 52.3. The molecule has 2 aliphatic heterocycles. The summed E-state index contributed by atoms with van der Waals surface area (Å²) in [6.45, 7) is 22.1. The van der Waals surface area contributed by atoms with Gasteiger partial charge in [-0.05, 0) is 327 Å². The number of aryl methyl sites for hydroxylation is 2. The highest BCUT2D eigenvalue weighted by molar-refractivity contribution is 7.00. The minimum atomic E-state index is -0.489. The van der Waals surface area contributed by atoms with Gasteiger partial charge in [-0.1, -0.05) is 434 Å². The Morgan fingerprint density at radius 1 is 0.250 bits per heavy atom. The second-order valence-corrected chi connectivity index (χ2v) is 44.2. The lowest BCUT2D eigenvalue weighted by atomic mass is 9.33. The van der Waals surface area contributed by atoms with E-state index in [-0.39, 0.29) is 80.5 Å². The third kappa shape index (κ3) is 14.4. The molecule has 6 aliphatic rings. The summed E-state index contributed by atoms with van der Waals surface area (Å²) in [7, 11) is 0. The molecule has 0 unspecified atom stereocenters. The maximum Gasteiger partial charge on any atom is 0.252 e. The van der Waals surface area contributed by atoms with Crippen LogP contribution in [0.5, 0.6) is 0 Å². The van der Waals surface area contributed by atoms with Gasteiger partial charge in [-0.3, -0.25) is 0 Å². The van der Waals surface area contributed by atoms with Crippen LogP contribution in [-0.4, -0.2) is 24.4 Å². The van der Waals surface area contributed by atoms with Crippen LogP contribution in [0.25, 0.3) is 139 Å². The maximum atomic E-state index is 10.3. The molecule has 0 saturated carbocycles. The minimum absolute atomic E-state index is 0.0621. The predicted octanol–water partition coefficient (Wildman–Crippen LogP) is 34.4. The minimum Gasteiger partial charge on any atom is -0.342 e. The van der Waals surface area contributed by atoms with Crippen molar-refractivity contribution < 1.29 is 9.60 Å². The summed E-state index contributed by atoms with van der Waals surface area (Å²) in [4.78, 5) is 5.30. The van der Waals surface area contributed by atoms with Gasteiger partial charge in [-0.2, -0.15) is 0 Å². The number of fused-ring (bicyclic) bond motifs is 27. The highest BCUT2D eigenvalue weighted by Crippen LogP contribution is 2.66. The van der Waals surface area contributed by atoms with Crippen molar-refractivity contribution in [2.24, 2.45) is 0 Å². The van der Waals surface area contributed by atoms with E-state index in [2.05, 4.69) is 418 Å². The lowest BCUT2D eigenvalue weighted by molar-refractivity contribution is 0.569. The Labute approximate surface area is 860 Å². The quantitative estimate of drug-likeness (QED) is 0.0525. The smallest absolute Gasteiger partial charge is 0.252 e. The molecule has 0 bridgehead atoms. The molecule has 0 atom stereocenters. The van der Waals surface area contributed by atoms with Gasteiger partial charge < -0.3 is 14.4 Å². The van der Waals surface area contributed by atoms with Crippen LogP contribution in [0, 0.1) is 0 Å². The summed E-state index contributed by atoms with van der Waals surface area (Å²) in [5.74, 6) is 0. The molecule has 0 saturated heterocycles. The van der Waals surface area contributed by atoms with Crippen molar-refractivity contribution >= 4 is 67.7 Å². The number of benzene rings is 19. The zero-order valence-electron chi connectivity index (χ0n) is 90.7. The van der Waals surface area contributed by atoms with Crippen LogP contribution in [0.4, 0.5) is 22.7 Å². The van der Waals surface area contributed by atoms with Gasteiger partial charge in [0.05, 0.1) is 31.5 Å². The Morgan fingerprint density at radius 2 is 0.611 bits per heavy atom. The second-order valence-electron chi connectivity index (χ2n) is 44.2. The van der Waals surface area contributed by atoms with E-state index in [9.17, 15) is 9.60 Å². The van der Waals surface area contributed by atoms with Gasteiger partial charge in [0.15, 0.2) is 0 Å². The van der Waals surface area contributed by atoms with Crippen LogP contribution >= 0.6 is 0 Å². The van der Waals surface area contributed by atoms with E-state index in [0.717, 1.165) is 93.2 Å². The van der Waals surface area contributed by atoms with E-state index in [1.54, 1.807) is 4.57 Å². The van der Waals surface area contributed by atoms with Gasteiger partial charge in [0.1, 0.15) is 0 Å². The summed E-state index contributed by atoms with van der Waals surface area (Å²) < 4.78 is 70.9. The molecule has 20 aromatic rings. The SMILES string of the molecule is [2H]c1c([2H])c([2H])c2c(c1[2H])c1c([2H])c(-c3ccccc3)c([2H])c([2H])c1n2-c1ccc2c(c1)N(CCCCCCc1ccc(-c3ccccc3)cc1-c1ccc3c(c1)C1(c4ccccc4-c4ccccc41)c1ccccc1-3)c1cc(C(C)(C)C)cc3c1B2c1ccc(-c2cc(C(C)(C)C)cc(C(C)(C)C)c2)cc1N3CCCCCCc1ccc(-c2ccccc2)cc1-c1ccc2c(c1)C1(c3ccccc3-c3ccccc31)c1ccccc1-2. The third-order valence-corrected chi connectivity index (χ3v) is 32.8. The van der Waals surface area contributed by atoms with Gasteiger partial charge in [0, 0.05) is 52.3 Å². The fraction of sp³-hybridized carbons (Fsp3) is 0.186. The van der Waals surface area contributed by atoms with Crippen LogP contribution < -0.4 is 26.2 Å². The molecule has 19 aromatic carbocycles. The highest BCUT2D eigenvalue weighted by Gasteiger charge is 2.54. The molecule has 0 radical (unpaired) electrons. The monoisotopic (exact) mass is 1860 g/mol. The topological polar surface area (TPSA) is 11.4 Å². The number of aromatic nitrogens is 1. The van der Waals surface area contributed by atoms with Crippen LogP contribution in [0.2, 0.25) is 0 Å². The Morgan fingerprint density at radius 3 is 1.06 bits per heavy atom. The molecule has 2 spiro atoms. The normalized spacial score (nSPS) is 14.5. The summed E-state index contributed by atoms with van der Waals surface area (Å²) in [5.41, 5.74) is 47.8. The van der Waals surface area contributed by atoms with Crippen molar-refractivity contribution in [3.8, 4) is 117 Å². The fourth-order valence-electron chi connectivity index (χ4n) is 25.7. The molecule has 26 rings (SSSR count). The van der Waals surface area contributed by atoms with Crippen molar-refractivity contribution in [2.45, 2.75) is 154 Å². The average molecular weight is 1860 g/mol. The maximum absolute atomic E-state index is 10.3. The summed E-state index contributed by atoms with van der Waals surface area (Å²) in [6, 6.07) is 139. The van der Waals surface area contributed by atoms with Crippen LogP contribution in [0.15, 0.2) is 418 Å². The second kappa shape index (κ2) is 34.8.